The summed E-state index contributed by atoms with van der Waals surface area (Å²) in [6.45, 7) is 13.3. The van der Waals surface area contributed by atoms with E-state index in [1.54, 1.807) is 45.0 Å². The number of amides is 7. The molecule has 3 heterocycles. The molecule has 0 aromatic heterocycles. The van der Waals surface area contributed by atoms with Crippen LogP contribution < -0.4 is 43.6 Å². The van der Waals surface area contributed by atoms with Crippen LogP contribution in [0.25, 0.3) is 0 Å². The molecule has 20 heteroatoms. The van der Waals surface area contributed by atoms with Crippen molar-refractivity contribution >= 4 is 47.4 Å². The van der Waals surface area contributed by atoms with Crippen LogP contribution in [0.2, 0.25) is 0 Å². The van der Waals surface area contributed by atoms with Gasteiger partial charge < -0.3 is 56.4 Å². The van der Waals surface area contributed by atoms with Crippen molar-refractivity contribution in [1.82, 2.24) is 26.8 Å². The van der Waals surface area contributed by atoms with Gasteiger partial charge in [-0.05, 0) is 82.1 Å². The Balaban J connectivity index is 1.17. The molecule has 4 rings (SSSR count). The lowest BCUT2D eigenvalue weighted by atomic mass is 9.88. The highest BCUT2D eigenvalue weighted by atomic mass is 16.6. The van der Waals surface area contributed by atoms with Crippen LogP contribution in [0.4, 0.5) is 15.3 Å². The number of anilines is 1. The molecule has 0 radical (unpaired) electrons. The maximum absolute atomic E-state index is 13.1. The van der Waals surface area contributed by atoms with Crippen LogP contribution >= 0.6 is 0 Å². The average molecular weight is 939 g/mol. The molecule has 2 unspecified atom stereocenters. The molecule has 20 nitrogen and oxygen atoms in total. The minimum absolute atomic E-state index is 0.0166. The molecule has 3 saturated heterocycles. The monoisotopic (exact) mass is 939 g/mol. The van der Waals surface area contributed by atoms with Crippen LogP contribution in [0.1, 0.15) is 99.0 Å². The molecule has 370 valence electrons. The largest absolute Gasteiger partial charge is 0.459 e. The van der Waals surface area contributed by atoms with Crippen molar-refractivity contribution in [2.45, 2.75) is 154 Å². The SMILES string of the molecule is CC(=O)O[C@@H](C)/C=C\C(=O)N[C@@H]1C[C@H](C)C(C/C=C(C)/C=C/[C@@H]2C[C@]3(CO3)C[C@@H](CC(=O)NNC(=O)OCc3ccc(NC(=O)[C@H](CCCNC(N)=O)NC(=O)C(N)C(C)C)cc3)O2)O[C@@H]1C. The zero-order chi connectivity index (χ0) is 49.3. The number of esters is 1. The van der Waals surface area contributed by atoms with Crippen LogP contribution in [0.5, 0.6) is 0 Å². The molecule has 0 aliphatic carbocycles. The topological polar surface area (TPSA) is 293 Å². The highest BCUT2D eigenvalue weighted by Crippen LogP contribution is 2.43. The van der Waals surface area contributed by atoms with Crippen molar-refractivity contribution in [2.75, 3.05) is 18.5 Å². The fourth-order valence-corrected chi connectivity index (χ4v) is 7.71. The van der Waals surface area contributed by atoms with Gasteiger partial charge in [-0.25, -0.2) is 15.0 Å². The van der Waals surface area contributed by atoms with Gasteiger partial charge in [0.25, 0.3) is 0 Å². The van der Waals surface area contributed by atoms with E-state index in [0.717, 1.165) is 12.0 Å². The maximum atomic E-state index is 13.1. The quantitative estimate of drug-likeness (QED) is 0.0220. The third-order valence-electron chi connectivity index (χ3n) is 11.7. The summed E-state index contributed by atoms with van der Waals surface area (Å²) in [6.07, 6.45) is 9.85. The van der Waals surface area contributed by atoms with Crippen molar-refractivity contribution < 1.29 is 57.2 Å². The molecule has 3 aliphatic rings. The van der Waals surface area contributed by atoms with Crippen LogP contribution in [0, 0.1) is 11.8 Å². The summed E-state index contributed by atoms with van der Waals surface area (Å²) in [6, 6.07) is 3.91. The van der Waals surface area contributed by atoms with E-state index in [-0.39, 0.29) is 73.7 Å². The number of benzene rings is 1. The van der Waals surface area contributed by atoms with Crippen molar-refractivity contribution in [2.24, 2.45) is 23.3 Å². The Morgan fingerprint density at radius 1 is 0.955 bits per heavy atom. The van der Waals surface area contributed by atoms with Crippen LogP contribution in [-0.4, -0.2) is 109 Å². The van der Waals surface area contributed by atoms with E-state index in [1.807, 2.05) is 26.0 Å². The summed E-state index contributed by atoms with van der Waals surface area (Å²) in [4.78, 5) is 85.8. The minimum Gasteiger partial charge on any atom is -0.459 e. The fourth-order valence-electron chi connectivity index (χ4n) is 7.71. The number of primary amides is 1. The first-order valence-corrected chi connectivity index (χ1v) is 22.9. The number of hydrogen-bond acceptors (Lipinski definition) is 13. The molecular weight excluding hydrogens is 869 g/mol. The molecule has 1 aromatic carbocycles. The number of allylic oxidation sites excluding steroid dienone is 2. The molecule has 10 atom stereocenters. The summed E-state index contributed by atoms with van der Waals surface area (Å²) in [7, 11) is 0. The van der Waals surface area contributed by atoms with Gasteiger partial charge in [0.2, 0.25) is 23.6 Å². The smallest absolute Gasteiger partial charge is 0.426 e. The zero-order valence-electron chi connectivity index (χ0n) is 39.6. The van der Waals surface area contributed by atoms with Crippen molar-refractivity contribution in [3.63, 3.8) is 0 Å². The van der Waals surface area contributed by atoms with Gasteiger partial charge in [0, 0.05) is 38.1 Å². The molecule has 3 fully saturated rings. The second kappa shape index (κ2) is 25.9. The first-order chi connectivity index (χ1) is 31.7. The molecule has 0 saturated carbocycles. The highest BCUT2D eigenvalue weighted by Gasteiger charge is 2.51. The summed E-state index contributed by atoms with van der Waals surface area (Å²) in [5.41, 5.74) is 17.4. The number of nitrogens with two attached hydrogens (primary N) is 2. The minimum atomic E-state index is -0.929. The molecular formula is C47H70N8O12. The van der Waals surface area contributed by atoms with Gasteiger partial charge in [-0.1, -0.05) is 56.7 Å². The number of rotatable bonds is 21. The lowest BCUT2D eigenvalue weighted by molar-refractivity contribution is -0.143. The summed E-state index contributed by atoms with van der Waals surface area (Å²) < 4.78 is 28.7. The molecule has 1 spiro atoms. The Labute approximate surface area is 392 Å². The molecule has 1 aromatic rings. The molecule has 3 aliphatic heterocycles. The van der Waals surface area contributed by atoms with Crippen LogP contribution in [-0.2, 0) is 54.3 Å². The van der Waals surface area contributed by atoms with E-state index in [0.29, 0.717) is 43.5 Å². The van der Waals surface area contributed by atoms with E-state index >= 15 is 0 Å². The van der Waals surface area contributed by atoms with Gasteiger partial charge in [0.1, 0.15) is 18.8 Å². The summed E-state index contributed by atoms with van der Waals surface area (Å²) >= 11 is 0. The number of epoxide rings is 1. The Bertz CT molecular complexity index is 1970. The summed E-state index contributed by atoms with van der Waals surface area (Å²) in [5.74, 6) is -2.07. The Morgan fingerprint density at radius 2 is 1.67 bits per heavy atom. The van der Waals surface area contributed by atoms with Crippen molar-refractivity contribution in [3.05, 3.63) is 65.8 Å². The highest BCUT2D eigenvalue weighted by molar-refractivity contribution is 5.98. The maximum Gasteiger partial charge on any atom is 0.426 e. The number of nitrogens with one attached hydrogen (secondary N) is 6. The van der Waals surface area contributed by atoms with Gasteiger partial charge in [-0.15, -0.1) is 0 Å². The van der Waals surface area contributed by atoms with Crippen LogP contribution in [0.15, 0.2) is 60.2 Å². The van der Waals surface area contributed by atoms with E-state index in [2.05, 4.69) is 45.1 Å². The second-order valence-corrected chi connectivity index (χ2v) is 18.0. The zero-order valence-corrected chi connectivity index (χ0v) is 39.6. The third-order valence-corrected chi connectivity index (χ3v) is 11.7. The van der Waals surface area contributed by atoms with E-state index in [4.69, 9.17) is 35.2 Å². The number of carbonyl (C=O) groups is 7. The average Bonchev–Trinajstić information content (AvgIpc) is 4.01. The van der Waals surface area contributed by atoms with E-state index in [1.165, 1.54) is 19.1 Å². The van der Waals surface area contributed by atoms with E-state index in [9.17, 15) is 33.6 Å². The number of ether oxygens (including phenoxy) is 5. The molecule has 10 N–H and O–H groups in total. The van der Waals surface area contributed by atoms with Gasteiger partial charge in [-0.3, -0.25) is 29.4 Å². The normalized spacial score (nSPS) is 25.1. The van der Waals surface area contributed by atoms with Crippen molar-refractivity contribution in [3.8, 4) is 0 Å². The fraction of sp³-hybridized carbons (Fsp3) is 0.596. The van der Waals surface area contributed by atoms with Crippen LogP contribution in [0.3, 0.4) is 0 Å². The number of carbonyl (C=O) groups excluding carboxylic acids is 7. The second-order valence-electron chi connectivity index (χ2n) is 18.0. The molecule has 0 bridgehead atoms. The predicted octanol–water partition coefficient (Wildman–Crippen LogP) is 3.20. The first kappa shape index (κ1) is 53.8. The number of urea groups is 1. The van der Waals surface area contributed by atoms with Gasteiger partial charge >= 0.3 is 18.1 Å². The lowest BCUT2D eigenvalue weighted by Gasteiger charge is -2.39. The molecule has 67 heavy (non-hydrogen) atoms. The van der Waals surface area contributed by atoms with Crippen molar-refractivity contribution in [1.29, 1.82) is 0 Å². The Hall–Kier alpha value is -5.83. The number of hydrazine groups is 1. The van der Waals surface area contributed by atoms with Gasteiger partial charge in [0.15, 0.2) is 0 Å². The Morgan fingerprint density at radius 3 is 2.33 bits per heavy atom. The lowest BCUT2D eigenvalue weighted by Crippen LogP contribution is -2.51. The van der Waals surface area contributed by atoms with Gasteiger partial charge in [0.05, 0.1) is 55.1 Å². The molecule has 7 amide bonds. The first-order valence-electron chi connectivity index (χ1n) is 22.9. The number of hydrogen-bond donors (Lipinski definition) is 8. The third kappa shape index (κ3) is 19.1. The standard InChI is InChI=1S/C47H70N8O12/c1-27(2)42(48)44(60)53-37(9-8-20-50-45(49)61)43(59)51-34-15-13-33(14-16-34)25-63-46(62)55-54-41(58)22-36-24-47(26-64-47)23-35(67-36)17-10-28(3)11-18-39-29(4)21-38(31(6)66-39)52-40(57)19-12-30(5)65-32(7)56/h10-17,19,27,29-31,35-39,42H,8-9,18,20-26,48H2,1-7H3,(H,51,59)(H,52,57)(H,53,60)(H,54,58)(H,55,62)(H3,49,50,61)/b17-10+,19-12-,28-11+/t29-,30-,31+,35+,36+,37-,38+,39?,42?,47+/m0/s1. The predicted molar refractivity (Wildman–Crippen MR) is 247 cm³/mol. The summed E-state index contributed by atoms with van der Waals surface area (Å²) in [5, 5.41) is 10.9. The van der Waals surface area contributed by atoms with Gasteiger partial charge in [-0.2, -0.15) is 0 Å². The van der Waals surface area contributed by atoms with E-state index < -0.39 is 60.1 Å². The Kier molecular flexibility index (Phi) is 20.8.